The van der Waals surface area contributed by atoms with Gasteiger partial charge < -0.3 is 4.90 Å². The number of rotatable bonds is 1. The molecule has 1 fully saturated rings. The molecule has 0 atom stereocenters. The number of nitrogens with zero attached hydrogens (tertiary/aromatic N) is 2. The van der Waals surface area contributed by atoms with Gasteiger partial charge in [0.15, 0.2) is 0 Å². The van der Waals surface area contributed by atoms with Gasteiger partial charge in [0.2, 0.25) is 0 Å². The van der Waals surface area contributed by atoms with Crippen molar-refractivity contribution in [3.63, 3.8) is 0 Å². The van der Waals surface area contributed by atoms with Crippen molar-refractivity contribution in [1.82, 2.24) is 9.88 Å². The minimum Gasteiger partial charge on any atom is -0.338 e. The molecule has 3 rings (SSSR count). The van der Waals surface area contributed by atoms with Crippen LogP contribution >= 0.6 is 11.6 Å². The zero-order valence-corrected chi connectivity index (χ0v) is 14.9. The first-order valence-electron chi connectivity index (χ1n) is 8.30. The van der Waals surface area contributed by atoms with Crippen molar-refractivity contribution in [2.75, 3.05) is 13.1 Å². The SMILES string of the molecule is Cc1cccc(C#CC=C2CCN(C(=O)c3cccc(Cl)c3)CC2)n1. The zero-order valence-electron chi connectivity index (χ0n) is 14.1. The van der Waals surface area contributed by atoms with E-state index in [1.54, 1.807) is 24.3 Å². The monoisotopic (exact) mass is 350 g/mol. The van der Waals surface area contributed by atoms with E-state index >= 15 is 0 Å². The number of allylic oxidation sites excluding steroid dienone is 1. The zero-order chi connectivity index (χ0) is 17.6. The molecular formula is C21H19ClN2O. The van der Waals surface area contributed by atoms with Gasteiger partial charge in [0.05, 0.1) is 0 Å². The Morgan fingerprint density at radius 3 is 2.68 bits per heavy atom. The molecule has 1 aliphatic rings. The number of aryl methyl sites for hydroxylation is 1. The molecule has 0 aliphatic carbocycles. The van der Waals surface area contributed by atoms with Crippen LogP contribution in [0.1, 0.15) is 34.6 Å². The summed E-state index contributed by atoms with van der Waals surface area (Å²) in [6.07, 6.45) is 3.66. The second kappa shape index (κ2) is 8.00. The standard InChI is InChI=1S/C21H19ClN2O/c1-16-5-2-9-20(23-16)10-3-6-17-11-13-24(14-12-17)21(25)18-7-4-8-19(22)15-18/h2,4-9,15H,11-14H2,1H3. The minimum absolute atomic E-state index is 0.0385. The van der Waals surface area contributed by atoms with Gasteiger partial charge >= 0.3 is 0 Å². The highest BCUT2D eigenvalue weighted by Crippen LogP contribution is 2.19. The van der Waals surface area contributed by atoms with Crippen LogP contribution in [-0.2, 0) is 0 Å². The van der Waals surface area contributed by atoms with Crippen molar-refractivity contribution >= 4 is 17.5 Å². The fourth-order valence-corrected chi connectivity index (χ4v) is 2.96. The summed E-state index contributed by atoms with van der Waals surface area (Å²) in [5, 5.41) is 0.587. The number of carbonyl (C=O) groups excluding carboxylic acids is 1. The van der Waals surface area contributed by atoms with Crippen LogP contribution in [0.5, 0.6) is 0 Å². The summed E-state index contributed by atoms with van der Waals surface area (Å²) in [7, 11) is 0. The third-order valence-corrected chi connectivity index (χ3v) is 4.36. The summed E-state index contributed by atoms with van der Waals surface area (Å²) in [5.74, 6) is 6.19. The third-order valence-electron chi connectivity index (χ3n) is 4.13. The number of hydrogen-bond acceptors (Lipinski definition) is 2. The van der Waals surface area contributed by atoms with Gasteiger partial charge in [-0.3, -0.25) is 4.79 Å². The van der Waals surface area contributed by atoms with Crippen molar-refractivity contribution in [3.8, 4) is 11.8 Å². The Bertz CT molecular complexity index is 867. The van der Waals surface area contributed by atoms with Crippen LogP contribution in [-0.4, -0.2) is 28.9 Å². The Kier molecular flexibility index (Phi) is 5.53. The molecule has 0 unspecified atom stereocenters. The lowest BCUT2D eigenvalue weighted by molar-refractivity contribution is 0.0743. The fraction of sp³-hybridized carbons (Fsp3) is 0.238. The summed E-state index contributed by atoms with van der Waals surface area (Å²) >= 11 is 5.97. The summed E-state index contributed by atoms with van der Waals surface area (Å²) in [5.41, 5.74) is 3.67. The highest BCUT2D eigenvalue weighted by atomic mass is 35.5. The largest absolute Gasteiger partial charge is 0.338 e. The average Bonchev–Trinajstić information content (AvgIpc) is 2.62. The summed E-state index contributed by atoms with van der Waals surface area (Å²) < 4.78 is 0. The van der Waals surface area contributed by atoms with Crippen LogP contribution in [0.25, 0.3) is 0 Å². The number of pyridine rings is 1. The number of halogens is 1. The lowest BCUT2D eigenvalue weighted by Crippen LogP contribution is -2.36. The molecule has 3 nitrogen and oxygen atoms in total. The lowest BCUT2D eigenvalue weighted by atomic mass is 10.0. The molecule has 1 aromatic carbocycles. The van der Waals surface area contributed by atoms with Gasteiger partial charge in [-0.1, -0.05) is 35.2 Å². The number of carbonyl (C=O) groups is 1. The third kappa shape index (κ3) is 4.71. The molecule has 1 amide bonds. The van der Waals surface area contributed by atoms with Crippen molar-refractivity contribution in [1.29, 1.82) is 0 Å². The fourth-order valence-electron chi connectivity index (χ4n) is 2.77. The first-order chi connectivity index (χ1) is 12.1. The van der Waals surface area contributed by atoms with E-state index in [0.29, 0.717) is 23.7 Å². The van der Waals surface area contributed by atoms with Crippen LogP contribution in [0.2, 0.25) is 5.02 Å². The van der Waals surface area contributed by atoms with Crippen LogP contribution in [0.15, 0.2) is 54.1 Å². The Morgan fingerprint density at radius 2 is 1.96 bits per heavy atom. The molecule has 25 heavy (non-hydrogen) atoms. The van der Waals surface area contributed by atoms with Crippen LogP contribution in [0.3, 0.4) is 0 Å². The van der Waals surface area contributed by atoms with Crippen molar-refractivity contribution in [2.24, 2.45) is 0 Å². The number of likely N-dealkylation sites (tertiary alicyclic amines) is 1. The van der Waals surface area contributed by atoms with E-state index in [-0.39, 0.29) is 5.91 Å². The van der Waals surface area contributed by atoms with Gasteiger partial charge in [-0.15, -0.1) is 0 Å². The Labute approximate surface area is 153 Å². The van der Waals surface area contributed by atoms with Crippen LogP contribution < -0.4 is 0 Å². The van der Waals surface area contributed by atoms with E-state index in [2.05, 4.69) is 16.8 Å². The van der Waals surface area contributed by atoms with Crippen molar-refractivity contribution < 1.29 is 4.79 Å². The van der Waals surface area contributed by atoms with Gasteiger partial charge in [0, 0.05) is 29.4 Å². The van der Waals surface area contributed by atoms with Crippen LogP contribution in [0, 0.1) is 18.8 Å². The second-order valence-corrected chi connectivity index (χ2v) is 6.48. The van der Waals surface area contributed by atoms with E-state index in [0.717, 1.165) is 24.2 Å². The molecule has 4 heteroatoms. The Morgan fingerprint density at radius 1 is 1.20 bits per heavy atom. The van der Waals surface area contributed by atoms with Gasteiger partial charge in [-0.25, -0.2) is 4.98 Å². The molecule has 1 aliphatic heterocycles. The molecule has 0 saturated carbocycles. The number of benzene rings is 1. The van der Waals surface area contributed by atoms with E-state index in [9.17, 15) is 4.79 Å². The minimum atomic E-state index is 0.0385. The molecule has 126 valence electrons. The van der Waals surface area contributed by atoms with Gasteiger partial charge in [-0.05, 0) is 62.1 Å². The number of aromatic nitrogens is 1. The maximum Gasteiger partial charge on any atom is 0.253 e. The molecule has 0 N–H and O–H groups in total. The van der Waals surface area contributed by atoms with E-state index in [1.165, 1.54) is 5.57 Å². The summed E-state index contributed by atoms with van der Waals surface area (Å²) in [4.78, 5) is 18.7. The topological polar surface area (TPSA) is 33.2 Å². The van der Waals surface area contributed by atoms with Gasteiger partial charge in [0.25, 0.3) is 5.91 Å². The molecule has 0 spiro atoms. The van der Waals surface area contributed by atoms with Crippen molar-refractivity contribution in [2.45, 2.75) is 19.8 Å². The Balaban J connectivity index is 1.59. The molecule has 0 bridgehead atoms. The van der Waals surface area contributed by atoms with Gasteiger partial charge in [-0.2, -0.15) is 0 Å². The molecule has 2 heterocycles. The normalized spacial score (nSPS) is 13.8. The average molecular weight is 351 g/mol. The Hall–Kier alpha value is -2.57. The second-order valence-electron chi connectivity index (χ2n) is 6.04. The molecule has 2 aromatic rings. The molecule has 1 saturated heterocycles. The number of hydrogen-bond donors (Lipinski definition) is 0. The maximum absolute atomic E-state index is 12.5. The first-order valence-corrected chi connectivity index (χ1v) is 8.67. The predicted octanol–water partition coefficient (Wildman–Crippen LogP) is 4.26. The highest BCUT2D eigenvalue weighted by molar-refractivity contribution is 6.30. The molecule has 1 aromatic heterocycles. The number of piperidine rings is 1. The molecule has 0 radical (unpaired) electrons. The quantitative estimate of drug-likeness (QED) is 0.720. The molecular weight excluding hydrogens is 332 g/mol. The predicted molar refractivity (Wildman–Crippen MR) is 101 cm³/mol. The van der Waals surface area contributed by atoms with E-state index in [1.807, 2.05) is 36.1 Å². The van der Waals surface area contributed by atoms with Crippen LogP contribution in [0.4, 0.5) is 0 Å². The first kappa shape index (κ1) is 17.3. The van der Waals surface area contributed by atoms with Gasteiger partial charge in [0.1, 0.15) is 5.69 Å². The maximum atomic E-state index is 12.5. The van der Waals surface area contributed by atoms with E-state index in [4.69, 9.17) is 11.6 Å². The smallest absolute Gasteiger partial charge is 0.253 e. The van der Waals surface area contributed by atoms with Crippen molar-refractivity contribution in [3.05, 3.63) is 76.1 Å². The highest BCUT2D eigenvalue weighted by Gasteiger charge is 2.20. The van der Waals surface area contributed by atoms with E-state index < -0.39 is 0 Å². The number of amides is 1. The lowest BCUT2D eigenvalue weighted by Gasteiger charge is -2.28. The summed E-state index contributed by atoms with van der Waals surface area (Å²) in [6, 6.07) is 12.9. The summed E-state index contributed by atoms with van der Waals surface area (Å²) in [6.45, 7) is 3.37.